The monoisotopic (exact) mass is 363 g/mol. The molecule has 2 aliphatic heterocycles. The second kappa shape index (κ2) is 6.75. The molecule has 0 radical (unpaired) electrons. The van der Waals surface area contributed by atoms with Gasteiger partial charge >= 0.3 is 0 Å². The summed E-state index contributed by atoms with van der Waals surface area (Å²) in [7, 11) is 0. The third-order valence-electron chi connectivity index (χ3n) is 5.51. The van der Waals surface area contributed by atoms with E-state index in [9.17, 15) is 4.79 Å². The number of piperazine rings is 1. The van der Waals surface area contributed by atoms with Gasteiger partial charge in [-0.2, -0.15) is 5.10 Å². The SMILES string of the molecule is O=C(c1ccn2ncnc2c1)N1CCN2[C@@H](COC[C@@H]2c2ccccc2)C1. The van der Waals surface area contributed by atoms with Crippen LogP contribution in [0.2, 0.25) is 0 Å². The quantitative estimate of drug-likeness (QED) is 0.692. The van der Waals surface area contributed by atoms with Crippen LogP contribution in [-0.2, 0) is 4.74 Å². The van der Waals surface area contributed by atoms with Gasteiger partial charge in [-0.05, 0) is 17.7 Å². The Morgan fingerprint density at radius 3 is 2.89 bits per heavy atom. The molecule has 3 aromatic rings. The number of fused-ring (bicyclic) bond motifs is 2. The lowest BCUT2D eigenvalue weighted by molar-refractivity contribution is -0.0770. The van der Waals surface area contributed by atoms with Crippen molar-refractivity contribution in [3.63, 3.8) is 0 Å². The first kappa shape index (κ1) is 16.4. The van der Waals surface area contributed by atoms with Crippen molar-refractivity contribution in [2.45, 2.75) is 12.1 Å². The van der Waals surface area contributed by atoms with Crippen LogP contribution in [0.3, 0.4) is 0 Å². The third kappa shape index (κ3) is 2.98. The summed E-state index contributed by atoms with van der Waals surface area (Å²) in [5.41, 5.74) is 2.61. The molecular weight excluding hydrogens is 342 g/mol. The van der Waals surface area contributed by atoms with Crippen LogP contribution in [-0.4, -0.2) is 69.2 Å². The van der Waals surface area contributed by atoms with Gasteiger partial charge in [0.1, 0.15) is 6.33 Å². The molecule has 0 bridgehead atoms. The van der Waals surface area contributed by atoms with Gasteiger partial charge in [-0.25, -0.2) is 9.50 Å². The summed E-state index contributed by atoms with van der Waals surface area (Å²) in [5, 5.41) is 4.08. The van der Waals surface area contributed by atoms with Crippen molar-refractivity contribution in [1.82, 2.24) is 24.4 Å². The van der Waals surface area contributed by atoms with E-state index in [1.807, 2.05) is 11.0 Å². The lowest BCUT2D eigenvalue weighted by atomic mass is 10.00. The molecule has 0 spiro atoms. The Bertz CT molecular complexity index is 957. The minimum absolute atomic E-state index is 0.0435. The molecule has 2 saturated heterocycles. The maximum absolute atomic E-state index is 13.0. The molecule has 2 aromatic heterocycles. The summed E-state index contributed by atoms with van der Waals surface area (Å²) in [4.78, 5) is 21.6. The zero-order chi connectivity index (χ0) is 18.2. The molecule has 0 unspecified atom stereocenters. The molecule has 138 valence electrons. The molecule has 2 atom stereocenters. The Morgan fingerprint density at radius 1 is 1.11 bits per heavy atom. The fourth-order valence-electron chi connectivity index (χ4n) is 4.12. The van der Waals surface area contributed by atoms with Gasteiger partial charge in [0, 0.05) is 31.4 Å². The number of hydrogen-bond acceptors (Lipinski definition) is 5. The predicted molar refractivity (Wildman–Crippen MR) is 99.4 cm³/mol. The first-order valence-corrected chi connectivity index (χ1v) is 9.27. The molecule has 7 heteroatoms. The van der Waals surface area contributed by atoms with Crippen molar-refractivity contribution in [3.8, 4) is 0 Å². The van der Waals surface area contributed by atoms with Gasteiger partial charge in [-0.1, -0.05) is 30.3 Å². The summed E-state index contributed by atoms with van der Waals surface area (Å²) >= 11 is 0. The van der Waals surface area contributed by atoms with Crippen LogP contribution in [0.4, 0.5) is 0 Å². The number of nitrogens with zero attached hydrogens (tertiary/aromatic N) is 5. The van der Waals surface area contributed by atoms with Crippen LogP contribution in [0.15, 0.2) is 55.0 Å². The number of morpholine rings is 1. The second-order valence-corrected chi connectivity index (χ2v) is 7.08. The molecule has 7 nitrogen and oxygen atoms in total. The number of ether oxygens (including phenoxy) is 1. The Balaban J connectivity index is 1.34. The highest BCUT2D eigenvalue weighted by molar-refractivity contribution is 5.95. The molecule has 2 aliphatic rings. The highest BCUT2D eigenvalue weighted by Crippen LogP contribution is 2.30. The number of amides is 1. The van der Waals surface area contributed by atoms with E-state index in [2.05, 4.69) is 39.2 Å². The number of carbonyl (C=O) groups excluding carboxylic acids is 1. The van der Waals surface area contributed by atoms with Crippen molar-refractivity contribution < 1.29 is 9.53 Å². The third-order valence-corrected chi connectivity index (χ3v) is 5.51. The Kier molecular flexibility index (Phi) is 4.10. The number of carbonyl (C=O) groups is 1. The molecule has 4 heterocycles. The zero-order valence-corrected chi connectivity index (χ0v) is 14.9. The minimum Gasteiger partial charge on any atom is -0.378 e. The van der Waals surface area contributed by atoms with Gasteiger partial charge in [-0.3, -0.25) is 9.69 Å². The summed E-state index contributed by atoms with van der Waals surface area (Å²) in [5.74, 6) is 0.0435. The Morgan fingerprint density at radius 2 is 2.00 bits per heavy atom. The minimum atomic E-state index is 0.0435. The number of hydrogen-bond donors (Lipinski definition) is 0. The van der Waals surface area contributed by atoms with E-state index in [1.165, 1.54) is 11.9 Å². The summed E-state index contributed by atoms with van der Waals surface area (Å²) < 4.78 is 7.55. The highest BCUT2D eigenvalue weighted by Gasteiger charge is 2.37. The maximum Gasteiger partial charge on any atom is 0.254 e. The predicted octanol–water partition coefficient (Wildman–Crippen LogP) is 1.63. The maximum atomic E-state index is 13.0. The lowest BCUT2D eigenvalue weighted by Crippen LogP contribution is -2.60. The smallest absolute Gasteiger partial charge is 0.254 e. The van der Waals surface area contributed by atoms with E-state index >= 15 is 0 Å². The van der Waals surface area contributed by atoms with Crippen LogP contribution in [0.1, 0.15) is 22.0 Å². The Hall–Kier alpha value is -2.77. The number of aromatic nitrogens is 3. The molecule has 1 aromatic carbocycles. The molecule has 1 amide bonds. The molecule has 0 saturated carbocycles. The largest absolute Gasteiger partial charge is 0.378 e. The lowest BCUT2D eigenvalue weighted by Gasteiger charge is -2.48. The summed E-state index contributed by atoms with van der Waals surface area (Å²) in [6, 6.07) is 14.6. The van der Waals surface area contributed by atoms with Crippen LogP contribution in [0.5, 0.6) is 0 Å². The van der Waals surface area contributed by atoms with Gasteiger partial charge in [0.15, 0.2) is 5.65 Å². The van der Waals surface area contributed by atoms with Gasteiger partial charge in [-0.15, -0.1) is 0 Å². The van der Waals surface area contributed by atoms with Crippen LogP contribution < -0.4 is 0 Å². The van der Waals surface area contributed by atoms with E-state index in [-0.39, 0.29) is 18.0 Å². The summed E-state index contributed by atoms with van der Waals surface area (Å²) in [6.45, 7) is 3.62. The van der Waals surface area contributed by atoms with Crippen molar-refractivity contribution in [2.24, 2.45) is 0 Å². The van der Waals surface area contributed by atoms with E-state index in [4.69, 9.17) is 4.74 Å². The van der Waals surface area contributed by atoms with Crippen molar-refractivity contribution in [2.75, 3.05) is 32.8 Å². The molecule has 0 N–H and O–H groups in total. The first-order valence-electron chi connectivity index (χ1n) is 9.27. The standard InChI is InChI=1S/C20H21N5O2/c26-20(16-6-7-25-19(10-16)21-14-22-25)23-8-9-24-17(11-23)12-27-13-18(24)15-4-2-1-3-5-15/h1-7,10,14,17-18H,8-9,11-13H2/t17-,18-/m1/s1. The van der Waals surface area contributed by atoms with E-state index < -0.39 is 0 Å². The van der Waals surface area contributed by atoms with E-state index in [0.717, 1.165) is 13.1 Å². The van der Waals surface area contributed by atoms with Gasteiger partial charge in [0.05, 0.1) is 25.3 Å². The average molecular weight is 363 g/mol. The first-order chi connectivity index (χ1) is 13.3. The van der Waals surface area contributed by atoms with Gasteiger partial charge < -0.3 is 9.64 Å². The van der Waals surface area contributed by atoms with Crippen molar-refractivity contribution >= 4 is 11.6 Å². The highest BCUT2D eigenvalue weighted by atomic mass is 16.5. The number of benzene rings is 1. The van der Waals surface area contributed by atoms with E-state index in [1.54, 1.807) is 22.8 Å². The molecule has 27 heavy (non-hydrogen) atoms. The number of pyridine rings is 1. The van der Waals surface area contributed by atoms with Crippen molar-refractivity contribution in [3.05, 3.63) is 66.1 Å². The average Bonchev–Trinajstić information content (AvgIpc) is 3.21. The zero-order valence-electron chi connectivity index (χ0n) is 14.9. The Labute approximate surface area is 157 Å². The second-order valence-electron chi connectivity index (χ2n) is 7.08. The molecule has 5 rings (SSSR count). The van der Waals surface area contributed by atoms with E-state index in [0.29, 0.717) is 31.0 Å². The number of rotatable bonds is 2. The molecular formula is C20H21N5O2. The van der Waals surface area contributed by atoms with Crippen LogP contribution >= 0.6 is 0 Å². The van der Waals surface area contributed by atoms with Gasteiger partial charge in [0.2, 0.25) is 0 Å². The van der Waals surface area contributed by atoms with Crippen molar-refractivity contribution in [1.29, 1.82) is 0 Å². The van der Waals surface area contributed by atoms with Crippen LogP contribution in [0, 0.1) is 0 Å². The topological polar surface area (TPSA) is 63.0 Å². The summed E-state index contributed by atoms with van der Waals surface area (Å²) in [6.07, 6.45) is 3.27. The normalized spacial score (nSPS) is 23.3. The van der Waals surface area contributed by atoms with Gasteiger partial charge in [0.25, 0.3) is 5.91 Å². The molecule has 0 aliphatic carbocycles. The fraction of sp³-hybridized carbons (Fsp3) is 0.350. The fourth-order valence-corrected chi connectivity index (χ4v) is 4.12. The van der Waals surface area contributed by atoms with Crippen LogP contribution in [0.25, 0.3) is 5.65 Å². The molecule has 2 fully saturated rings.